The van der Waals surface area contributed by atoms with Crippen molar-refractivity contribution in [2.24, 2.45) is 0 Å². The van der Waals surface area contributed by atoms with Crippen LogP contribution in [0.25, 0.3) is 5.76 Å². The molecule has 0 unspecified atom stereocenters. The normalized spacial score (nSPS) is 12.4. The van der Waals surface area contributed by atoms with E-state index in [2.05, 4.69) is 15.9 Å². The average Bonchev–Trinajstić information content (AvgIpc) is 3.23. The minimum Gasteiger partial charge on any atom is -0.872 e. The van der Waals surface area contributed by atoms with E-state index in [1.807, 2.05) is 54.6 Å². The van der Waals surface area contributed by atoms with Crippen molar-refractivity contribution in [3.05, 3.63) is 101 Å². The van der Waals surface area contributed by atoms with Gasteiger partial charge < -0.3 is 10.2 Å². The topological polar surface area (TPSA) is 43.3 Å². The van der Waals surface area contributed by atoms with Gasteiger partial charge in [0, 0.05) is 10.0 Å². The van der Waals surface area contributed by atoms with Crippen molar-refractivity contribution in [3.63, 3.8) is 0 Å². The molecule has 2 aromatic rings. The predicted molar refractivity (Wildman–Crippen MR) is 92.6 cm³/mol. The monoisotopic (exact) mass is 410 g/mol. The third-order valence-corrected chi connectivity index (χ3v) is 3.39. The SMILES string of the molecule is [Fe+2].[O-]c1ccc(Br)cc1C(O)=CC=C1C=CC=C1.c1cc[cH-]c1. The maximum absolute atomic E-state index is 11.5. The maximum Gasteiger partial charge on any atom is 2.00 e. The molecule has 1 aliphatic carbocycles. The molecule has 0 atom stereocenters. The number of halogens is 1. The largest absolute Gasteiger partial charge is 2.00 e. The zero-order chi connectivity index (χ0) is 15.8. The van der Waals surface area contributed by atoms with E-state index < -0.39 is 0 Å². The summed E-state index contributed by atoms with van der Waals surface area (Å²) in [7, 11) is 0. The molecule has 0 amide bonds. The van der Waals surface area contributed by atoms with Crippen LogP contribution in [0.15, 0.2) is 95.0 Å². The fourth-order valence-corrected chi connectivity index (χ4v) is 2.15. The Balaban J connectivity index is 0.000000377. The van der Waals surface area contributed by atoms with Gasteiger partial charge in [0.1, 0.15) is 5.76 Å². The van der Waals surface area contributed by atoms with E-state index in [4.69, 9.17) is 0 Å². The van der Waals surface area contributed by atoms with Gasteiger partial charge in [-0.15, -0.1) is 0 Å². The fraction of sp³-hybridized carbons (Fsp3) is 0. The van der Waals surface area contributed by atoms with Crippen molar-refractivity contribution in [1.82, 2.24) is 0 Å². The second-order valence-electron chi connectivity index (χ2n) is 4.54. The van der Waals surface area contributed by atoms with Gasteiger partial charge in [-0.05, 0) is 23.8 Å². The number of hydrogen-bond donors (Lipinski definition) is 1. The van der Waals surface area contributed by atoms with Gasteiger partial charge in [-0.1, -0.05) is 58.1 Å². The van der Waals surface area contributed by atoms with Crippen LogP contribution in [0.3, 0.4) is 0 Å². The van der Waals surface area contributed by atoms with Crippen LogP contribution in [0.2, 0.25) is 0 Å². The zero-order valence-electron chi connectivity index (χ0n) is 12.2. The first kappa shape index (κ1) is 19.2. The number of aliphatic hydroxyl groups excluding tert-OH is 1. The van der Waals surface area contributed by atoms with Crippen molar-refractivity contribution in [1.29, 1.82) is 0 Å². The molecule has 0 aliphatic heterocycles. The summed E-state index contributed by atoms with van der Waals surface area (Å²) < 4.78 is 0.764. The van der Waals surface area contributed by atoms with Crippen molar-refractivity contribution in [2.75, 3.05) is 0 Å². The molecule has 1 N–H and O–H groups in total. The van der Waals surface area contributed by atoms with Gasteiger partial charge in [0.25, 0.3) is 0 Å². The number of aliphatic hydroxyl groups is 1. The Labute approximate surface area is 155 Å². The van der Waals surface area contributed by atoms with E-state index in [0.29, 0.717) is 5.56 Å². The second kappa shape index (κ2) is 10.0. The molecule has 2 aromatic carbocycles. The standard InChI is InChI=1S/C14H11BrO2.C5H5.Fe/c15-11-6-8-14(17)12(9-11)13(16)7-5-10-3-1-2-4-10;1-2-4-5-3-1;/h1-9,16-17H;1-5H;/q;-1;+2/p-1. The molecule has 0 heterocycles. The van der Waals surface area contributed by atoms with Crippen LogP contribution < -0.4 is 5.11 Å². The molecule has 0 radical (unpaired) electrons. The molecule has 118 valence electrons. The molecule has 4 heteroatoms. The fourth-order valence-electron chi connectivity index (χ4n) is 1.79. The minimum atomic E-state index is -0.196. The third-order valence-electron chi connectivity index (χ3n) is 2.90. The summed E-state index contributed by atoms with van der Waals surface area (Å²) in [6.45, 7) is 0. The van der Waals surface area contributed by atoms with Crippen LogP contribution >= 0.6 is 15.9 Å². The zero-order valence-corrected chi connectivity index (χ0v) is 14.9. The molecule has 0 bridgehead atoms. The van der Waals surface area contributed by atoms with E-state index in [0.717, 1.165) is 10.0 Å². The number of benzene rings is 1. The summed E-state index contributed by atoms with van der Waals surface area (Å²) >= 11 is 3.27. The summed E-state index contributed by atoms with van der Waals surface area (Å²) in [6, 6.07) is 14.7. The van der Waals surface area contributed by atoms with Crippen LogP contribution in [-0.4, -0.2) is 5.11 Å². The van der Waals surface area contributed by atoms with Gasteiger partial charge in [-0.25, -0.2) is 12.1 Å². The van der Waals surface area contributed by atoms with Crippen LogP contribution in [0.1, 0.15) is 5.56 Å². The molecule has 23 heavy (non-hydrogen) atoms. The van der Waals surface area contributed by atoms with E-state index in [1.54, 1.807) is 18.2 Å². The maximum atomic E-state index is 11.5. The van der Waals surface area contributed by atoms with Crippen molar-refractivity contribution in [3.8, 4) is 5.75 Å². The Morgan fingerprint density at radius 1 is 1.13 bits per heavy atom. The molecule has 0 fully saturated rings. The summed E-state index contributed by atoms with van der Waals surface area (Å²) in [6.07, 6.45) is 10.9. The average molecular weight is 411 g/mol. The molecule has 1 aliphatic rings. The second-order valence-corrected chi connectivity index (χ2v) is 5.46. The van der Waals surface area contributed by atoms with Crippen molar-refractivity contribution >= 4 is 21.7 Å². The first-order chi connectivity index (χ1) is 10.7. The first-order valence-corrected chi connectivity index (χ1v) is 7.55. The van der Waals surface area contributed by atoms with Crippen LogP contribution in [0.4, 0.5) is 0 Å². The Hall–Kier alpha value is -1.87. The number of allylic oxidation sites excluding steroid dienone is 7. The van der Waals surface area contributed by atoms with Crippen LogP contribution in [0, 0.1) is 0 Å². The summed E-state index contributed by atoms with van der Waals surface area (Å²) in [5, 5.41) is 21.4. The molecule has 0 saturated heterocycles. The molecule has 0 saturated carbocycles. The van der Waals surface area contributed by atoms with Gasteiger partial charge in [-0.3, -0.25) is 0 Å². The smallest absolute Gasteiger partial charge is 0.872 e. The van der Waals surface area contributed by atoms with Crippen LogP contribution in [-0.2, 0) is 17.1 Å². The number of hydrogen-bond acceptors (Lipinski definition) is 2. The summed E-state index contributed by atoms with van der Waals surface area (Å²) in [5.41, 5.74) is 1.28. The van der Waals surface area contributed by atoms with Gasteiger partial charge in [0.15, 0.2) is 0 Å². The Bertz CT molecular complexity index is 695. The van der Waals surface area contributed by atoms with Crippen molar-refractivity contribution in [2.45, 2.75) is 0 Å². The Morgan fingerprint density at radius 3 is 2.35 bits per heavy atom. The van der Waals surface area contributed by atoms with E-state index >= 15 is 0 Å². The van der Waals surface area contributed by atoms with E-state index in [9.17, 15) is 10.2 Å². The van der Waals surface area contributed by atoms with Gasteiger partial charge in [0.2, 0.25) is 0 Å². The van der Waals surface area contributed by atoms with Gasteiger partial charge in [0.05, 0.1) is 0 Å². The quantitative estimate of drug-likeness (QED) is 0.435. The minimum absolute atomic E-state index is 0. The molecular weight excluding hydrogens is 396 g/mol. The van der Waals surface area contributed by atoms with Gasteiger partial charge >= 0.3 is 17.1 Å². The molecule has 3 rings (SSSR count). The van der Waals surface area contributed by atoms with E-state index in [-0.39, 0.29) is 28.6 Å². The van der Waals surface area contributed by atoms with Crippen molar-refractivity contribution < 1.29 is 27.3 Å². The summed E-state index contributed by atoms with van der Waals surface area (Å²) in [5.74, 6) is -0.227. The molecule has 0 spiro atoms. The summed E-state index contributed by atoms with van der Waals surface area (Å²) in [4.78, 5) is 0. The third kappa shape index (κ3) is 6.41. The van der Waals surface area contributed by atoms with Gasteiger partial charge in [-0.2, -0.15) is 18.2 Å². The van der Waals surface area contributed by atoms with Crippen LogP contribution in [0.5, 0.6) is 5.75 Å². The van der Waals surface area contributed by atoms with E-state index in [1.165, 1.54) is 12.1 Å². The Morgan fingerprint density at radius 2 is 1.78 bits per heavy atom. The first-order valence-electron chi connectivity index (χ1n) is 6.76. The molecule has 2 nitrogen and oxygen atoms in total. The molecule has 0 aromatic heterocycles. The number of rotatable bonds is 2. The Kier molecular flexibility index (Phi) is 8.34. The molecular formula is C19H15BrFeO2. The predicted octanol–water partition coefficient (Wildman–Crippen LogP) is 4.88.